The lowest BCUT2D eigenvalue weighted by Gasteiger charge is -2.22. The summed E-state index contributed by atoms with van der Waals surface area (Å²) in [5.74, 6) is 1.00. The molecule has 0 aromatic carbocycles. The number of hydrogen-bond donors (Lipinski definition) is 0. The Hall–Kier alpha value is -0.600. The molecule has 1 aliphatic carbocycles. The van der Waals surface area contributed by atoms with Crippen LogP contribution in [0.25, 0.3) is 0 Å². The molecule has 138 valence electrons. The first kappa shape index (κ1) is 19.7. The van der Waals surface area contributed by atoms with Crippen molar-refractivity contribution in [3.63, 3.8) is 0 Å². The van der Waals surface area contributed by atoms with Gasteiger partial charge >= 0.3 is 0 Å². The van der Waals surface area contributed by atoms with Crippen LogP contribution in [0.4, 0.5) is 0 Å². The molecule has 2 rings (SSSR count). The standard InChI is InChI=1S/C22H38O2/c1-19(14-15-21-11-4-3-5-12-21)9-8-10-20(2)16-18-24-22-13-6-7-17-23-22/h9,16,21-22H,3-8,10-15,17-18H2,1-2H3/b19-9+,20-16+. The first-order valence-electron chi connectivity index (χ1n) is 10.3. The number of allylic oxidation sites excluding steroid dienone is 3. The van der Waals surface area contributed by atoms with E-state index in [4.69, 9.17) is 9.47 Å². The van der Waals surface area contributed by atoms with Crippen molar-refractivity contribution in [3.8, 4) is 0 Å². The third kappa shape index (κ3) is 8.48. The summed E-state index contributed by atoms with van der Waals surface area (Å²) in [4.78, 5) is 0. The molecule has 1 aliphatic heterocycles. The predicted octanol–water partition coefficient (Wildman–Crippen LogP) is 6.56. The largest absolute Gasteiger partial charge is 0.353 e. The van der Waals surface area contributed by atoms with Gasteiger partial charge in [-0.3, -0.25) is 0 Å². The molecule has 0 radical (unpaired) electrons. The number of ether oxygens (including phenoxy) is 2. The van der Waals surface area contributed by atoms with Crippen LogP contribution in [0.5, 0.6) is 0 Å². The summed E-state index contributed by atoms with van der Waals surface area (Å²) in [7, 11) is 0. The van der Waals surface area contributed by atoms with E-state index in [0.29, 0.717) is 6.61 Å². The Morgan fingerprint density at radius 3 is 2.42 bits per heavy atom. The molecule has 0 spiro atoms. The van der Waals surface area contributed by atoms with Crippen LogP contribution in [0, 0.1) is 5.92 Å². The maximum atomic E-state index is 5.77. The van der Waals surface area contributed by atoms with Gasteiger partial charge in [-0.1, -0.05) is 55.4 Å². The van der Waals surface area contributed by atoms with Gasteiger partial charge < -0.3 is 9.47 Å². The van der Waals surface area contributed by atoms with E-state index >= 15 is 0 Å². The molecular weight excluding hydrogens is 296 g/mol. The van der Waals surface area contributed by atoms with Gasteiger partial charge in [-0.25, -0.2) is 0 Å². The fourth-order valence-corrected chi connectivity index (χ4v) is 3.80. The molecule has 0 bridgehead atoms. The lowest BCUT2D eigenvalue weighted by atomic mass is 9.85. The van der Waals surface area contributed by atoms with Gasteiger partial charge in [0.15, 0.2) is 6.29 Å². The number of rotatable bonds is 9. The minimum absolute atomic E-state index is 0.0322. The van der Waals surface area contributed by atoms with Gasteiger partial charge in [0.2, 0.25) is 0 Å². The average Bonchev–Trinajstić information content (AvgIpc) is 2.62. The van der Waals surface area contributed by atoms with Crippen molar-refractivity contribution in [2.75, 3.05) is 13.2 Å². The van der Waals surface area contributed by atoms with E-state index in [9.17, 15) is 0 Å². The Balaban J connectivity index is 1.54. The van der Waals surface area contributed by atoms with Crippen LogP contribution < -0.4 is 0 Å². The Morgan fingerprint density at radius 2 is 1.67 bits per heavy atom. The maximum absolute atomic E-state index is 5.77. The van der Waals surface area contributed by atoms with Crippen LogP contribution in [0.3, 0.4) is 0 Å². The van der Waals surface area contributed by atoms with Gasteiger partial charge in [-0.15, -0.1) is 0 Å². The fourth-order valence-electron chi connectivity index (χ4n) is 3.80. The van der Waals surface area contributed by atoms with E-state index in [2.05, 4.69) is 26.0 Å². The molecular formula is C22H38O2. The second-order valence-electron chi connectivity index (χ2n) is 7.81. The van der Waals surface area contributed by atoms with Crippen molar-refractivity contribution < 1.29 is 9.47 Å². The lowest BCUT2D eigenvalue weighted by Crippen LogP contribution is -2.22. The highest BCUT2D eigenvalue weighted by Gasteiger charge is 2.13. The van der Waals surface area contributed by atoms with E-state index in [1.54, 1.807) is 5.57 Å². The van der Waals surface area contributed by atoms with Crippen molar-refractivity contribution >= 4 is 0 Å². The number of hydrogen-bond acceptors (Lipinski definition) is 2. The van der Waals surface area contributed by atoms with Gasteiger partial charge in [0, 0.05) is 6.61 Å². The summed E-state index contributed by atoms with van der Waals surface area (Å²) in [6.07, 6.45) is 20.5. The molecule has 0 aromatic heterocycles. The highest BCUT2D eigenvalue weighted by atomic mass is 16.7. The average molecular weight is 335 g/mol. The summed E-state index contributed by atoms with van der Waals surface area (Å²) in [5.41, 5.74) is 3.02. The van der Waals surface area contributed by atoms with Crippen LogP contribution in [0.2, 0.25) is 0 Å². The van der Waals surface area contributed by atoms with Crippen molar-refractivity contribution in [2.24, 2.45) is 5.92 Å². The molecule has 1 saturated carbocycles. The molecule has 0 N–H and O–H groups in total. The Kier molecular flexibility index (Phi) is 9.75. The van der Waals surface area contributed by atoms with Crippen molar-refractivity contribution in [2.45, 2.75) is 97.2 Å². The Labute approximate surface area is 149 Å². The molecule has 1 saturated heterocycles. The topological polar surface area (TPSA) is 18.5 Å². The molecule has 1 unspecified atom stereocenters. The van der Waals surface area contributed by atoms with Crippen LogP contribution in [0.15, 0.2) is 23.3 Å². The summed E-state index contributed by atoms with van der Waals surface area (Å²) in [5, 5.41) is 0. The van der Waals surface area contributed by atoms with Gasteiger partial charge in [-0.05, 0) is 64.7 Å². The van der Waals surface area contributed by atoms with Gasteiger partial charge in [0.1, 0.15) is 0 Å². The van der Waals surface area contributed by atoms with Crippen molar-refractivity contribution in [1.82, 2.24) is 0 Å². The molecule has 0 amide bonds. The van der Waals surface area contributed by atoms with Crippen LogP contribution >= 0.6 is 0 Å². The fraction of sp³-hybridized carbons (Fsp3) is 0.818. The quantitative estimate of drug-likeness (QED) is 0.444. The maximum Gasteiger partial charge on any atom is 0.157 e. The Bertz CT molecular complexity index is 385. The molecule has 1 heterocycles. The minimum Gasteiger partial charge on any atom is -0.353 e. The monoisotopic (exact) mass is 334 g/mol. The molecule has 0 aromatic rings. The summed E-state index contributed by atoms with van der Waals surface area (Å²) >= 11 is 0. The highest BCUT2D eigenvalue weighted by Crippen LogP contribution is 2.28. The van der Waals surface area contributed by atoms with Gasteiger partial charge in [0.05, 0.1) is 6.61 Å². The molecule has 2 aliphatic rings. The zero-order valence-electron chi connectivity index (χ0n) is 16.0. The first-order chi connectivity index (χ1) is 11.7. The zero-order valence-corrected chi connectivity index (χ0v) is 16.0. The lowest BCUT2D eigenvalue weighted by molar-refractivity contribution is -0.155. The molecule has 2 nitrogen and oxygen atoms in total. The van der Waals surface area contributed by atoms with Gasteiger partial charge in [0.25, 0.3) is 0 Å². The minimum atomic E-state index is 0.0322. The Morgan fingerprint density at radius 1 is 0.917 bits per heavy atom. The van der Waals surface area contributed by atoms with Crippen molar-refractivity contribution in [1.29, 1.82) is 0 Å². The van der Waals surface area contributed by atoms with E-state index in [0.717, 1.165) is 25.4 Å². The second kappa shape index (κ2) is 11.9. The second-order valence-corrected chi connectivity index (χ2v) is 7.81. The summed E-state index contributed by atoms with van der Waals surface area (Å²) < 4.78 is 11.4. The zero-order chi connectivity index (χ0) is 17.0. The van der Waals surface area contributed by atoms with E-state index in [1.165, 1.54) is 69.8 Å². The third-order valence-electron chi connectivity index (χ3n) is 5.55. The smallest absolute Gasteiger partial charge is 0.157 e. The summed E-state index contributed by atoms with van der Waals surface area (Å²) in [6.45, 7) is 6.08. The van der Waals surface area contributed by atoms with Gasteiger partial charge in [-0.2, -0.15) is 0 Å². The van der Waals surface area contributed by atoms with Crippen LogP contribution in [0.1, 0.15) is 90.9 Å². The van der Waals surface area contributed by atoms with E-state index in [1.807, 2.05) is 0 Å². The molecule has 1 atom stereocenters. The normalized spacial score (nSPS) is 24.3. The summed E-state index contributed by atoms with van der Waals surface area (Å²) in [6, 6.07) is 0. The highest BCUT2D eigenvalue weighted by molar-refractivity contribution is 5.04. The van der Waals surface area contributed by atoms with Crippen LogP contribution in [-0.2, 0) is 9.47 Å². The van der Waals surface area contributed by atoms with Crippen molar-refractivity contribution in [3.05, 3.63) is 23.3 Å². The molecule has 2 heteroatoms. The van der Waals surface area contributed by atoms with Crippen LogP contribution in [-0.4, -0.2) is 19.5 Å². The van der Waals surface area contributed by atoms with E-state index < -0.39 is 0 Å². The first-order valence-corrected chi connectivity index (χ1v) is 10.3. The molecule has 2 fully saturated rings. The molecule has 24 heavy (non-hydrogen) atoms. The third-order valence-corrected chi connectivity index (χ3v) is 5.55. The SMILES string of the molecule is C/C(=C\COC1CCCCO1)CC/C=C(\C)CCC1CCCCC1. The van der Waals surface area contributed by atoms with E-state index in [-0.39, 0.29) is 6.29 Å². The predicted molar refractivity (Wildman–Crippen MR) is 102 cm³/mol.